The molecule has 0 saturated carbocycles. The van der Waals surface area contributed by atoms with Gasteiger partial charge in [0, 0.05) is 19.3 Å². The summed E-state index contributed by atoms with van der Waals surface area (Å²) in [5, 5.41) is 24.3. The molecule has 1 aromatic heterocycles. The predicted molar refractivity (Wildman–Crippen MR) is 53.3 cm³/mol. The summed E-state index contributed by atoms with van der Waals surface area (Å²) in [7, 11) is 1.70. The zero-order valence-electron chi connectivity index (χ0n) is 8.04. The molecular formula is C9H9N3O3. The van der Waals surface area contributed by atoms with Crippen molar-refractivity contribution in [3.05, 3.63) is 34.0 Å². The fourth-order valence-electron chi connectivity index (χ4n) is 1.52. The molecule has 0 aliphatic heterocycles. The smallest absolute Gasteiger partial charge is 0.280 e. The predicted octanol–water partition coefficient (Wildman–Crippen LogP) is 0.974. The normalized spacial score (nSPS) is 10.8. The van der Waals surface area contributed by atoms with E-state index < -0.39 is 4.92 Å². The lowest BCUT2D eigenvalue weighted by atomic mass is 10.1. The molecule has 6 heteroatoms. The van der Waals surface area contributed by atoms with Crippen molar-refractivity contribution in [1.29, 1.82) is 0 Å². The summed E-state index contributed by atoms with van der Waals surface area (Å²) >= 11 is 0. The second-order valence-electron chi connectivity index (χ2n) is 3.27. The van der Waals surface area contributed by atoms with Crippen LogP contribution in [0.4, 0.5) is 5.69 Å². The van der Waals surface area contributed by atoms with E-state index in [0.29, 0.717) is 16.5 Å². The fraction of sp³-hybridized carbons (Fsp3) is 0.222. The minimum absolute atomic E-state index is 0.0235. The molecule has 0 spiro atoms. The van der Waals surface area contributed by atoms with Crippen molar-refractivity contribution in [3.8, 4) is 0 Å². The van der Waals surface area contributed by atoms with Crippen LogP contribution in [0.2, 0.25) is 0 Å². The molecule has 0 atom stereocenters. The number of aliphatic hydroxyl groups is 1. The molecule has 0 fully saturated rings. The van der Waals surface area contributed by atoms with Crippen molar-refractivity contribution in [2.24, 2.45) is 7.05 Å². The van der Waals surface area contributed by atoms with Crippen LogP contribution in [0, 0.1) is 10.1 Å². The maximum Gasteiger partial charge on any atom is 0.280 e. The number of fused-ring (bicyclic) bond motifs is 1. The third-order valence-corrected chi connectivity index (χ3v) is 2.16. The van der Waals surface area contributed by atoms with Crippen LogP contribution in [0.25, 0.3) is 10.9 Å². The first-order valence-corrected chi connectivity index (χ1v) is 4.33. The molecule has 0 aliphatic rings. The van der Waals surface area contributed by atoms with E-state index in [0.717, 1.165) is 0 Å². The number of aryl methyl sites for hydroxylation is 1. The Labute approximate surface area is 84.9 Å². The van der Waals surface area contributed by atoms with Crippen molar-refractivity contribution in [3.63, 3.8) is 0 Å². The van der Waals surface area contributed by atoms with Gasteiger partial charge >= 0.3 is 0 Å². The monoisotopic (exact) mass is 207 g/mol. The molecule has 15 heavy (non-hydrogen) atoms. The Morgan fingerprint density at radius 3 is 2.93 bits per heavy atom. The average Bonchev–Trinajstić information content (AvgIpc) is 2.55. The zero-order valence-corrected chi connectivity index (χ0v) is 8.04. The molecule has 1 heterocycles. The van der Waals surface area contributed by atoms with E-state index in [4.69, 9.17) is 5.11 Å². The fourth-order valence-corrected chi connectivity index (χ4v) is 1.52. The number of nitro benzene ring substituents is 1. The van der Waals surface area contributed by atoms with Crippen LogP contribution < -0.4 is 0 Å². The summed E-state index contributed by atoms with van der Waals surface area (Å²) in [5.41, 5.74) is 0.994. The molecule has 2 rings (SSSR count). The van der Waals surface area contributed by atoms with Crippen LogP contribution in [-0.2, 0) is 13.7 Å². The molecule has 0 radical (unpaired) electrons. The number of hydrogen-bond acceptors (Lipinski definition) is 4. The number of nitro groups is 1. The Kier molecular flexibility index (Phi) is 2.12. The van der Waals surface area contributed by atoms with Crippen LogP contribution in [0.3, 0.4) is 0 Å². The lowest BCUT2D eigenvalue weighted by Crippen LogP contribution is -1.91. The maximum atomic E-state index is 10.8. The molecule has 0 unspecified atom stereocenters. The molecule has 1 aromatic carbocycles. The van der Waals surface area contributed by atoms with Gasteiger partial charge in [0.2, 0.25) is 0 Å². The molecule has 0 aliphatic carbocycles. The number of non-ortho nitro benzene ring substituents is 1. The van der Waals surface area contributed by atoms with Crippen LogP contribution in [0.1, 0.15) is 5.56 Å². The highest BCUT2D eigenvalue weighted by Gasteiger charge is 2.15. The second-order valence-corrected chi connectivity index (χ2v) is 3.27. The summed E-state index contributed by atoms with van der Waals surface area (Å²) < 4.78 is 1.51. The van der Waals surface area contributed by atoms with Crippen LogP contribution in [-0.4, -0.2) is 19.8 Å². The van der Waals surface area contributed by atoms with Gasteiger partial charge in [0.25, 0.3) is 5.69 Å². The Balaban J connectivity index is 2.79. The Bertz CT molecular complexity index is 533. The largest absolute Gasteiger partial charge is 0.392 e. The molecule has 0 saturated heterocycles. The van der Waals surface area contributed by atoms with Gasteiger partial charge in [-0.1, -0.05) is 0 Å². The van der Waals surface area contributed by atoms with Gasteiger partial charge < -0.3 is 5.11 Å². The number of aliphatic hydroxyl groups excluding tert-OH is 1. The van der Waals surface area contributed by atoms with E-state index in [1.54, 1.807) is 19.3 Å². The third kappa shape index (κ3) is 1.55. The van der Waals surface area contributed by atoms with E-state index in [1.165, 1.54) is 10.7 Å². The van der Waals surface area contributed by atoms with E-state index in [2.05, 4.69) is 5.10 Å². The van der Waals surface area contributed by atoms with Gasteiger partial charge in [-0.25, -0.2) is 0 Å². The van der Waals surface area contributed by atoms with E-state index in [9.17, 15) is 10.1 Å². The number of hydrogen-bond donors (Lipinski definition) is 1. The quantitative estimate of drug-likeness (QED) is 0.587. The first-order chi connectivity index (χ1) is 7.11. The summed E-state index contributed by atoms with van der Waals surface area (Å²) in [6.07, 6.45) is 1.59. The maximum absolute atomic E-state index is 10.8. The van der Waals surface area contributed by atoms with Crippen LogP contribution in [0.5, 0.6) is 0 Å². The van der Waals surface area contributed by atoms with Gasteiger partial charge in [-0.3, -0.25) is 14.8 Å². The zero-order chi connectivity index (χ0) is 11.0. The van der Waals surface area contributed by atoms with Crippen molar-refractivity contribution >= 4 is 16.6 Å². The molecule has 78 valence electrons. The first-order valence-electron chi connectivity index (χ1n) is 4.33. The van der Waals surface area contributed by atoms with E-state index >= 15 is 0 Å². The Morgan fingerprint density at radius 1 is 1.60 bits per heavy atom. The first kappa shape index (κ1) is 9.60. The van der Waals surface area contributed by atoms with E-state index in [-0.39, 0.29) is 12.3 Å². The molecule has 1 N–H and O–H groups in total. The van der Waals surface area contributed by atoms with Gasteiger partial charge in [0.1, 0.15) is 0 Å². The highest BCUT2D eigenvalue weighted by atomic mass is 16.6. The molecule has 2 aromatic rings. The van der Waals surface area contributed by atoms with Gasteiger partial charge in [-0.2, -0.15) is 5.10 Å². The minimum Gasteiger partial charge on any atom is -0.392 e. The Hall–Kier alpha value is -1.95. The van der Waals surface area contributed by atoms with Gasteiger partial charge in [0.15, 0.2) is 0 Å². The van der Waals surface area contributed by atoms with Gasteiger partial charge in [-0.05, 0) is 11.6 Å². The summed E-state index contributed by atoms with van der Waals surface area (Å²) in [5.74, 6) is 0. The second kappa shape index (κ2) is 3.32. The third-order valence-electron chi connectivity index (χ3n) is 2.16. The summed E-state index contributed by atoms with van der Waals surface area (Å²) in [4.78, 5) is 10.3. The topological polar surface area (TPSA) is 81.2 Å². The van der Waals surface area contributed by atoms with Gasteiger partial charge in [-0.15, -0.1) is 0 Å². The van der Waals surface area contributed by atoms with Crippen molar-refractivity contribution in [2.75, 3.05) is 0 Å². The van der Waals surface area contributed by atoms with Crippen molar-refractivity contribution < 1.29 is 10.0 Å². The van der Waals surface area contributed by atoms with E-state index in [1.807, 2.05) is 0 Å². The van der Waals surface area contributed by atoms with Crippen LogP contribution in [0.15, 0.2) is 18.3 Å². The highest BCUT2D eigenvalue weighted by Crippen LogP contribution is 2.26. The molecular weight excluding hydrogens is 198 g/mol. The molecule has 0 bridgehead atoms. The number of aromatic nitrogens is 2. The lowest BCUT2D eigenvalue weighted by molar-refractivity contribution is -0.383. The summed E-state index contributed by atoms with van der Waals surface area (Å²) in [6.45, 7) is -0.229. The number of benzene rings is 1. The van der Waals surface area contributed by atoms with Crippen molar-refractivity contribution in [1.82, 2.24) is 9.78 Å². The number of nitrogens with zero attached hydrogens (tertiary/aromatic N) is 3. The molecule has 6 nitrogen and oxygen atoms in total. The lowest BCUT2D eigenvalue weighted by Gasteiger charge is -1.97. The highest BCUT2D eigenvalue weighted by molar-refractivity contribution is 5.88. The van der Waals surface area contributed by atoms with Gasteiger partial charge in [0.05, 0.1) is 22.4 Å². The average molecular weight is 207 g/mol. The van der Waals surface area contributed by atoms with Crippen molar-refractivity contribution in [2.45, 2.75) is 6.61 Å². The number of rotatable bonds is 2. The minimum atomic E-state index is -0.469. The Morgan fingerprint density at radius 2 is 2.33 bits per heavy atom. The standard InChI is InChI=1S/C9H9N3O3/c1-11-4-7-8(10-11)2-6(5-13)3-9(7)12(14)15/h2-4,13H,5H2,1H3. The molecule has 0 amide bonds. The van der Waals surface area contributed by atoms with Crippen LogP contribution >= 0.6 is 0 Å². The SMILES string of the molecule is Cn1cc2c([N+](=O)[O-])cc(CO)cc2n1. The summed E-state index contributed by atoms with van der Waals surface area (Å²) in [6, 6.07) is 3.01.